The van der Waals surface area contributed by atoms with Gasteiger partial charge in [-0.3, -0.25) is 4.72 Å². The van der Waals surface area contributed by atoms with Crippen LogP contribution in [0.15, 0.2) is 24.3 Å². The monoisotopic (exact) mass is 353 g/mol. The maximum absolute atomic E-state index is 12.4. The summed E-state index contributed by atoms with van der Waals surface area (Å²) in [6, 6.07) is 7.01. The average Bonchev–Trinajstić information content (AvgIpc) is 2.75. The maximum atomic E-state index is 12.4. The Morgan fingerprint density at radius 3 is 2.46 bits per heavy atom. The fourth-order valence-electron chi connectivity index (χ4n) is 3.07. The van der Waals surface area contributed by atoms with Crippen LogP contribution in [0.1, 0.15) is 33.6 Å². The van der Waals surface area contributed by atoms with E-state index in [0.29, 0.717) is 37.3 Å². The van der Waals surface area contributed by atoms with Crippen molar-refractivity contribution in [3.05, 3.63) is 24.3 Å². The van der Waals surface area contributed by atoms with E-state index in [0.717, 1.165) is 0 Å². The van der Waals surface area contributed by atoms with Gasteiger partial charge in [0, 0.05) is 13.1 Å². The van der Waals surface area contributed by atoms with Crippen LogP contribution in [0.5, 0.6) is 0 Å². The number of amides is 1. The molecule has 7 nitrogen and oxygen atoms in total. The topological polar surface area (TPSA) is 79.0 Å². The summed E-state index contributed by atoms with van der Waals surface area (Å²) in [4.78, 5) is 13.8. The van der Waals surface area contributed by atoms with Crippen molar-refractivity contribution in [2.24, 2.45) is 0 Å². The summed E-state index contributed by atoms with van der Waals surface area (Å²) >= 11 is 0. The van der Waals surface area contributed by atoms with Gasteiger partial charge in [-0.15, -0.1) is 0 Å². The Morgan fingerprint density at radius 2 is 1.83 bits per heavy atom. The molecule has 132 valence electrons. The number of likely N-dealkylation sites (tertiary alicyclic amines) is 1. The van der Waals surface area contributed by atoms with Gasteiger partial charge in [0.1, 0.15) is 5.60 Å². The molecule has 2 aliphatic heterocycles. The number of hydrogen-bond donors (Lipinski definition) is 1. The third-order valence-electron chi connectivity index (χ3n) is 4.09. The highest BCUT2D eigenvalue weighted by Gasteiger charge is 2.39. The Morgan fingerprint density at radius 1 is 1.21 bits per heavy atom. The number of para-hydroxylation sites is 2. The summed E-state index contributed by atoms with van der Waals surface area (Å²) in [5, 5.41) is 0. The molecule has 1 aromatic rings. The SMILES string of the molecule is CC(C)(C)OC(=O)N1CCC(N2c3ccccc3NS2(=O)=O)CC1. The minimum Gasteiger partial charge on any atom is -0.444 e. The van der Waals surface area contributed by atoms with Gasteiger partial charge in [-0.05, 0) is 45.7 Å². The van der Waals surface area contributed by atoms with Crippen LogP contribution < -0.4 is 9.03 Å². The first-order chi connectivity index (χ1) is 11.2. The predicted octanol–water partition coefficient (Wildman–Crippen LogP) is 2.56. The Bertz CT molecular complexity index is 734. The van der Waals surface area contributed by atoms with Crippen LogP contribution in [0.2, 0.25) is 0 Å². The van der Waals surface area contributed by atoms with E-state index in [2.05, 4.69) is 4.72 Å². The lowest BCUT2D eigenvalue weighted by Gasteiger charge is -2.36. The van der Waals surface area contributed by atoms with E-state index in [1.807, 2.05) is 26.8 Å². The molecule has 24 heavy (non-hydrogen) atoms. The standard InChI is InChI=1S/C16H23N3O4S/c1-16(2,3)23-15(20)18-10-8-12(9-11-18)19-14-7-5-4-6-13(14)17-24(19,21)22/h4-7,12,17H,8-11H2,1-3H3. The van der Waals surface area contributed by atoms with Crippen molar-refractivity contribution in [3.8, 4) is 0 Å². The Kier molecular flexibility index (Phi) is 4.11. The molecular weight excluding hydrogens is 330 g/mol. The number of hydrogen-bond acceptors (Lipinski definition) is 4. The smallest absolute Gasteiger partial charge is 0.410 e. The van der Waals surface area contributed by atoms with Crippen LogP contribution in [0, 0.1) is 0 Å². The molecule has 0 aliphatic carbocycles. The van der Waals surface area contributed by atoms with Crippen LogP contribution in [-0.4, -0.2) is 44.1 Å². The van der Waals surface area contributed by atoms with Crippen molar-refractivity contribution in [2.75, 3.05) is 22.1 Å². The Hall–Kier alpha value is -1.96. The minimum atomic E-state index is -3.56. The zero-order chi connectivity index (χ0) is 17.5. The predicted molar refractivity (Wildman–Crippen MR) is 92.3 cm³/mol. The van der Waals surface area contributed by atoms with E-state index >= 15 is 0 Å². The van der Waals surface area contributed by atoms with Crippen molar-refractivity contribution >= 4 is 27.7 Å². The van der Waals surface area contributed by atoms with Gasteiger partial charge >= 0.3 is 16.3 Å². The molecule has 0 atom stereocenters. The van der Waals surface area contributed by atoms with Gasteiger partial charge in [-0.2, -0.15) is 8.42 Å². The van der Waals surface area contributed by atoms with Crippen molar-refractivity contribution in [3.63, 3.8) is 0 Å². The molecule has 1 saturated heterocycles. The molecule has 0 saturated carbocycles. The summed E-state index contributed by atoms with van der Waals surface area (Å²) in [7, 11) is -3.56. The molecule has 3 rings (SSSR count). The minimum absolute atomic E-state index is 0.162. The summed E-state index contributed by atoms with van der Waals surface area (Å²) < 4.78 is 34.3. The summed E-state index contributed by atoms with van der Waals surface area (Å²) in [5.74, 6) is 0. The number of anilines is 2. The molecule has 1 amide bonds. The van der Waals surface area contributed by atoms with Crippen LogP contribution >= 0.6 is 0 Å². The van der Waals surface area contributed by atoms with Crippen molar-refractivity contribution in [1.82, 2.24) is 4.90 Å². The summed E-state index contributed by atoms with van der Waals surface area (Å²) in [6.45, 7) is 6.45. The highest BCUT2D eigenvalue weighted by atomic mass is 32.2. The summed E-state index contributed by atoms with van der Waals surface area (Å²) in [6.07, 6.45) is 0.812. The lowest BCUT2D eigenvalue weighted by Crippen LogP contribution is -2.49. The number of nitrogens with zero attached hydrogens (tertiary/aromatic N) is 2. The van der Waals surface area contributed by atoms with Gasteiger partial charge < -0.3 is 9.64 Å². The number of piperidine rings is 1. The number of benzene rings is 1. The molecule has 8 heteroatoms. The van der Waals surface area contributed by atoms with Gasteiger partial charge in [-0.25, -0.2) is 9.10 Å². The maximum Gasteiger partial charge on any atom is 0.410 e. The fourth-order valence-corrected chi connectivity index (χ4v) is 4.64. The quantitative estimate of drug-likeness (QED) is 0.841. The van der Waals surface area contributed by atoms with E-state index in [1.54, 1.807) is 23.1 Å². The average molecular weight is 353 g/mol. The molecule has 0 bridgehead atoms. The van der Waals surface area contributed by atoms with Crippen molar-refractivity contribution < 1.29 is 17.9 Å². The first-order valence-corrected chi connectivity index (χ1v) is 9.50. The van der Waals surface area contributed by atoms with Gasteiger partial charge in [0.05, 0.1) is 17.4 Å². The van der Waals surface area contributed by atoms with Gasteiger partial charge in [0.25, 0.3) is 0 Å². The van der Waals surface area contributed by atoms with E-state index in [-0.39, 0.29) is 12.1 Å². The van der Waals surface area contributed by atoms with E-state index in [9.17, 15) is 13.2 Å². The van der Waals surface area contributed by atoms with Crippen LogP contribution in [0.3, 0.4) is 0 Å². The second-order valence-corrected chi connectivity index (χ2v) is 8.67. The fraction of sp³-hybridized carbons (Fsp3) is 0.562. The molecule has 2 heterocycles. The van der Waals surface area contributed by atoms with E-state index in [4.69, 9.17) is 4.74 Å². The number of ether oxygens (including phenoxy) is 1. The first kappa shape index (κ1) is 16.9. The molecule has 1 N–H and O–H groups in total. The second-order valence-electron chi connectivity index (χ2n) is 7.12. The molecule has 0 spiro atoms. The third kappa shape index (κ3) is 3.28. The van der Waals surface area contributed by atoms with Gasteiger partial charge in [0.2, 0.25) is 0 Å². The van der Waals surface area contributed by atoms with Crippen molar-refractivity contribution in [1.29, 1.82) is 0 Å². The van der Waals surface area contributed by atoms with Gasteiger partial charge in [-0.1, -0.05) is 12.1 Å². The zero-order valence-electron chi connectivity index (χ0n) is 14.2. The normalized spacial score (nSPS) is 20.5. The largest absolute Gasteiger partial charge is 0.444 e. The zero-order valence-corrected chi connectivity index (χ0v) is 15.0. The molecule has 1 aromatic carbocycles. The van der Waals surface area contributed by atoms with E-state index < -0.39 is 15.8 Å². The number of fused-ring (bicyclic) bond motifs is 1. The number of rotatable bonds is 1. The Labute approximate surface area is 142 Å². The lowest BCUT2D eigenvalue weighted by molar-refractivity contribution is 0.0208. The van der Waals surface area contributed by atoms with Crippen LogP contribution in [0.4, 0.5) is 16.2 Å². The molecule has 2 aliphatic rings. The second kappa shape index (κ2) is 5.84. The summed E-state index contributed by atoms with van der Waals surface area (Å²) in [5.41, 5.74) is 0.745. The first-order valence-electron chi connectivity index (χ1n) is 8.06. The number of carbonyl (C=O) groups is 1. The van der Waals surface area contributed by atoms with Crippen LogP contribution in [0.25, 0.3) is 0 Å². The molecular formula is C16H23N3O4S. The highest BCUT2D eigenvalue weighted by Crippen LogP contribution is 2.38. The van der Waals surface area contributed by atoms with Gasteiger partial charge in [0.15, 0.2) is 0 Å². The molecule has 0 radical (unpaired) electrons. The molecule has 0 unspecified atom stereocenters. The highest BCUT2D eigenvalue weighted by molar-refractivity contribution is 7.94. The van der Waals surface area contributed by atoms with Crippen LogP contribution in [-0.2, 0) is 14.9 Å². The van der Waals surface area contributed by atoms with Crippen molar-refractivity contribution in [2.45, 2.75) is 45.3 Å². The Balaban J connectivity index is 1.70. The number of carbonyl (C=O) groups excluding carboxylic acids is 1. The number of nitrogens with one attached hydrogen (secondary N) is 1. The third-order valence-corrected chi connectivity index (χ3v) is 5.58. The molecule has 0 aromatic heterocycles. The lowest BCUT2D eigenvalue weighted by atomic mass is 10.0. The molecule has 1 fully saturated rings. The van der Waals surface area contributed by atoms with E-state index in [1.165, 1.54) is 4.31 Å².